The molecule has 1 atom stereocenters. The minimum atomic E-state index is -0.0305. The molecule has 1 unspecified atom stereocenters. The summed E-state index contributed by atoms with van der Waals surface area (Å²) in [6, 6.07) is 18.2. The molecule has 27 heavy (non-hydrogen) atoms. The normalized spacial score (nSPS) is 16.0. The summed E-state index contributed by atoms with van der Waals surface area (Å²) in [5, 5.41) is 4.17. The van der Waals surface area contributed by atoms with Crippen molar-refractivity contribution in [1.29, 1.82) is 0 Å². The molecule has 4 heteroatoms. The Bertz CT molecular complexity index is 962. The molecule has 3 aromatic rings. The second kappa shape index (κ2) is 7.67. The molecule has 1 aliphatic rings. The molecular weight excluding hydrogens is 352 g/mol. The van der Waals surface area contributed by atoms with Crippen molar-refractivity contribution >= 4 is 22.2 Å². The fourth-order valence-electron chi connectivity index (χ4n) is 3.80. The summed E-state index contributed by atoms with van der Waals surface area (Å²) in [5.74, 6) is -0.0305. The highest BCUT2D eigenvalue weighted by Gasteiger charge is 2.23. The highest BCUT2D eigenvalue weighted by Crippen LogP contribution is 2.32. The largest absolute Gasteiger partial charge is 0.327 e. The number of thiophene rings is 1. The van der Waals surface area contributed by atoms with Gasteiger partial charge < -0.3 is 10.2 Å². The summed E-state index contributed by atoms with van der Waals surface area (Å²) in [7, 11) is 0. The van der Waals surface area contributed by atoms with Crippen LogP contribution in [0.2, 0.25) is 0 Å². The number of hydrogen-bond donors (Lipinski definition) is 2. The first-order valence-electron chi connectivity index (χ1n) is 9.47. The van der Waals surface area contributed by atoms with Gasteiger partial charge in [0.05, 0.1) is 6.54 Å². The number of anilines is 1. The van der Waals surface area contributed by atoms with E-state index in [9.17, 15) is 4.79 Å². The number of carbonyl (C=O) groups is 1. The van der Waals surface area contributed by atoms with Crippen LogP contribution in [-0.2, 0) is 19.5 Å². The Morgan fingerprint density at radius 2 is 1.74 bits per heavy atom. The second-order valence-electron chi connectivity index (χ2n) is 7.28. The summed E-state index contributed by atoms with van der Waals surface area (Å²) >= 11 is 1.69. The van der Waals surface area contributed by atoms with E-state index < -0.39 is 0 Å². The van der Waals surface area contributed by atoms with Gasteiger partial charge in [-0.25, -0.2) is 0 Å². The number of rotatable bonds is 4. The van der Waals surface area contributed by atoms with E-state index in [1.165, 1.54) is 27.1 Å². The molecule has 1 amide bonds. The number of amides is 1. The third-order valence-electron chi connectivity index (χ3n) is 5.51. The van der Waals surface area contributed by atoms with Crippen molar-refractivity contribution in [3.63, 3.8) is 0 Å². The molecule has 1 aromatic heterocycles. The molecule has 0 saturated carbocycles. The number of carbonyl (C=O) groups excluding carboxylic acids is 1. The van der Waals surface area contributed by atoms with Crippen LogP contribution >= 0.6 is 11.3 Å². The SMILES string of the molecule is Cc1sc(NC(=O)c2ccccc2)c(C[NH+]2CCc3ccccc3C2)c1C. The van der Waals surface area contributed by atoms with Gasteiger partial charge in [-0.1, -0.05) is 42.5 Å². The molecule has 2 N–H and O–H groups in total. The van der Waals surface area contributed by atoms with E-state index >= 15 is 0 Å². The third kappa shape index (κ3) is 3.82. The molecule has 0 bridgehead atoms. The predicted octanol–water partition coefficient (Wildman–Crippen LogP) is 3.76. The smallest absolute Gasteiger partial charge is 0.256 e. The number of quaternary nitrogens is 1. The monoisotopic (exact) mass is 377 g/mol. The Balaban J connectivity index is 1.54. The van der Waals surface area contributed by atoms with Crippen molar-refractivity contribution in [1.82, 2.24) is 0 Å². The average Bonchev–Trinajstić information content (AvgIpc) is 2.96. The van der Waals surface area contributed by atoms with Gasteiger partial charge in [-0.2, -0.15) is 0 Å². The van der Waals surface area contributed by atoms with E-state index in [0.29, 0.717) is 5.56 Å². The first kappa shape index (κ1) is 18.0. The first-order chi connectivity index (χ1) is 13.1. The maximum atomic E-state index is 12.6. The van der Waals surface area contributed by atoms with Crippen LogP contribution in [0, 0.1) is 13.8 Å². The summed E-state index contributed by atoms with van der Waals surface area (Å²) in [6.07, 6.45) is 1.12. The molecule has 2 heterocycles. The van der Waals surface area contributed by atoms with Crippen LogP contribution < -0.4 is 10.2 Å². The lowest BCUT2D eigenvalue weighted by atomic mass is 9.99. The van der Waals surface area contributed by atoms with Crippen LogP contribution in [0.5, 0.6) is 0 Å². The van der Waals surface area contributed by atoms with Gasteiger partial charge in [0.15, 0.2) is 0 Å². The lowest BCUT2D eigenvalue weighted by Crippen LogP contribution is -3.10. The molecule has 0 fully saturated rings. The zero-order chi connectivity index (χ0) is 18.8. The Hall–Kier alpha value is -2.43. The predicted molar refractivity (Wildman–Crippen MR) is 112 cm³/mol. The minimum Gasteiger partial charge on any atom is -0.327 e. The molecular formula is C23H25N2OS+. The quantitative estimate of drug-likeness (QED) is 0.713. The number of fused-ring (bicyclic) bond motifs is 1. The molecule has 138 valence electrons. The zero-order valence-corrected chi connectivity index (χ0v) is 16.7. The number of hydrogen-bond acceptors (Lipinski definition) is 2. The molecule has 0 spiro atoms. The zero-order valence-electron chi connectivity index (χ0n) is 15.8. The maximum Gasteiger partial charge on any atom is 0.256 e. The highest BCUT2D eigenvalue weighted by atomic mass is 32.1. The topological polar surface area (TPSA) is 33.5 Å². The van der Waals surface area contributed by atoms with Gasteiger partial charge in [0.25, 0.3) is 5.91 Å². The van der Waals surface area contributed by atoms with Gasteiger partial charge in [-0.3, -0.25) is 4.79 Å². The molecule has 0 aliphatic carbocycles. The summed E-state index contributed by atoms with van der Waals surface area (Å²) in [5.41, 5.74) is 6.24. The lowest BCUT2D eigenvalue weighted by molar-refractivity contribution is -0.929. The third-order valence-corrected chi connectivity index (χ3v) is 6.67. The number of nitrogens with one attached hydrogen (secondary N) is 2. The van der Waals surface area contributed by atoms with Crippen LogP contribution in [-0.4, -0.2) is 12.5 Å². The molecule has 0 radical (unpaired) electrons. The highest BCUT2D eigenvalue weighted by molar-refractivity contribution is 7.16. The van der Waals surface area contributed by atoms with Gasteiger partial charge >= 0.3 is 0 Å². The number of benzene rings is 2. The van der Waals surface area contributed by atoms with E-state index in [0.717, 1.165) is 31.1 Å². The average molecular weight is 378 g/mol. The van der Waals surface area contributed by atoms with Crippen molar-refractivity contribution in [2.75, 3.05) is 11.9 Å². The fourth-order valence-corrected chi connectivity index (χ4v) is 4.87. The lowest BCUT2D eigenvalue weighted by Gasteiger charge is -2.26. The minimum absolute atomic E-state index is 0.0305. The summed E-state index contributed by atoms with van der Waals surface area (Å²) in [4.78, 5) is 15.5. The van der Waals surface area contributed by atoms with Crippen molar-refractivity contribution in [3.05, 3.63) is 87.3 Å². The van der Waals surface area contributed by atoms with E-state index in [1.54, 1.807) is 16.2 Å². The van der Waals surface area contributed by atoms with Gasteiger partial charge in [-0.15, -0.1) is 11.3 Å². The summed E-state index contributed by atoms with van der Waals surface area (Å²) < 4.78 is 0. The van der Waals surface area contributed by atoms with Crippen molar-refractivity contribution < 1.29 is 9.69 Å². The van der Waals surface area contributed by atoms with Crippen molar-refractivity contribution in [2.24, 2.45) is 0 Å². The van der Waals surface area contributed by atoms with E-state index in [2.05, 4.69) is 43.4 Å². The fraction of sp³-hybridized carbons (Fsp3) is 0.261. The van der Waals surface area contributed by atoms with E-state index in [4.69, 9.17) is 0 Å². The number of aryl methyl sites for hydroxylation is 1. The Morgan fingerprint density at radius 1 is 1.04 bits per heavy atom. The molecule has 4 rings (SSSR count). The Morgan fingerprint density at radius 3 is 2.52 bits per heavy atom. The molecule has 2 aromatic carbocycles. The van der Waals surface area contributed by atoms with E-state index in [1.807, 2.05) is 30.3 Å². The van der Waals surface area contributed by atoms with Gasteiger partial charge in [-0.05, 0) is 37.1 Å². The Kier molecular flexibility index (Phi) is 5.10. The van der Waals surface area contributed by atoms with Crippen molar-refractivity contribution in [2.45, 2.75) is 33.4 Å². The van der Waals surface area contributed by atoms with Gasteiger partial charge in [0, 0.05) is 28.0 Å². The second-order valence-corrected chi connectivity index (χ2v) is 8.51. The van der Waals surface area contributed by atoms with Crippen LogP contribution in [0.1, 0.15) is 37.5 Å². The summed E-state index contributed by atoms with van der Waals surface area (Å²) in [6.45, 7) is 7.46. The first-order valence-corrected chi connectivity index (χ1v) is 10.3. The van der Waals surface area contributed by atoms with Crippen molar-refractivity contribution in [3.8, 4) is 0 Å². The molecule has 0 saturated heterocycles. The maximum absolute atomic E-state index is 12.6. The van der Waals surface area contributed by atoms with Crippen LogP contribution in [0.15, 0.2) is 54.6 Å². The van der Waals surface area contributed by atoms with E-state index in [-0.39, 0.29) is 5.91 Å². The van der Waals surface area contributed by atoms with Crippen LogP contribution in [0.25, 0.3) is 0 Å². The standard InChI is InChI=1S/C23H24N2OS/c1-16-17(2)27-23(24-22(26)19-9-4-3-5-10-19)21(16)15-25-13-12-18-8-6-7-11-20(18)14-25/h3-11H,12-15H2,1-2H3,(H,24,26)/p+1. The molecule has 1 aliphatic heterocycles. The molecule has 3 nitrogen and oxygen atoms in total. The van der Waals surface area contributed by atoms with Gasteiger partial charge in [0.2, 0.25) is 0 Å². The van der Waals surface area contributed by atoms with Gasteiger partial charge in [0.1, 0.15) is 18.1 Å². The van der Waals surface area contributed by atoms with Crippen LogP contribution in [0.4, 0.5) is 5.00 Å². The Labute approximate surface area is 164 Å². The van der Waals surface area contributed by atoms with Crippen LogP contribution in [0.3, 0.4) is 0 Å².